The molecule has 1 aromatic rings. The van der Waals surface area contributed by atoms with E-state index in [9.17, 15) is 9.18 Å². The van der Waals surface area contributed by atoms with Crippen molar-refractivity contribution in [2.24, 2.45) is 0 Å². The molecule has 1 saturated heterocycles. The highest BCUT2D eigenvalue weighted by Gasteiger charge is 2.17. The van der Waals surface area contributed by atoms with Crippen molar-refractivity contribution in [1.29, 1.82) is 0 Å². The summed E-state index contributed by atoms with van der Waals surface area (Å²) >= 11 is 0. The van der Waals surface area contributed by atoms with Crippen LogP contribution in [0.2, 0.25) is 0 Å². The Hall–Kier alpha value is -1.62. The van der Waals surface area contributed by atoms with Crippen LogP contribution in [0.15, 0.2) is 24.3 Å². The van der Waals surface area contributed by atoms with Gasteiger partial charge in [0.25, 0.3) is 0 Å². The van der Waals surface area contributed by atoms with Crippen molar-refractivity contribution in [2.45, 2.75) is 18.9 Å². The number of hydrogen-bond acceptors (Lipinski definition) is 3. The van der Waals surface area contributed by atoms with E-state index < -0.39 is 6.09 Å². The number of amides is 1. The van der Waals surface area contributed by atoms with E-state index >= 15 is 0 Å². The first-order chi connectivity index (χ1) is 8.24. The summed E-state index contributed by atoms with van der Waals surface area (Å²) < 4.78 is 22.9. The lowest BCUT2D eigenvalue weighted by Crippen LogP contribution is -2.21. The summed E-state index contributed by atoms with van der Waals surface area (Å²) in [6, 6.07) is 5.50. The topological polar surface area (TPSA) is 47.6 Å². The van der Waals surface area contributed by atoms with Crippen molar-refractivity contribution in [3.8, 4) is 0 Å². The Bertz CT molecular complexity index is 374. The van der Waals surface area contributed by atoms with Crippen LogP contribution in [-0.2, 0) is 9.47 Å². The number of nitrogens with one attached hydrogen (secondary N) is 1. The maximum absolute atomic E-state index is 12.6. The van der Waals surface area contributed by atoms with E-state index in [4.69, 9.17) is 9.47 Å². The molecule has 1 fully saturated rings. The van der Waals surface area contributed by atoms with E-state index in [1.165, 1.54) is 24.3 Å². The molecule has 1 atom stereocenters. The van der Waals surface area contributed by atoms with Crippen molar-refractivity contribution in [3.63, 3.8) is 0 Å². The first kappa shape index (κ1) is 11.9. The molecule has 17 heavy (non-hydrogen) atoms. The van der Waals surface area contributed by atoms with Gasteiger partial charge < -0.3 is 9.47 Å². The van der Waals surface area contributed by atoms with Crippen molar-refractivity contribution in [3.05, 3.63) is 30.1 Å². The lowest BCUT2D eigenvalue weighted by atomic mass is 10.2. The summed E-state index contributed by atoms with van der Waals surface area (Å²) in [6.07, 6.45) is 1.39. The molecule has 0 aromatic heterocycles. The second-order valence-corrected chi connectivity index (χ2v) is 3.87. The minimum atomic E-state index is -0.549. The maximum Gasteiger partial charge on any atom is 0.411 e. The zero-order chi connectivity index (χ0) is 12.1. The van der Waals surface area contributed by atoms with Crippen LogP contribution in [0, 0.1) is 5.82 Å². The van der Waals surface area contributed by atoms with Gasteiger partial charge in [-0.2, -0.15) is 0 Å². The van der Waals surface area contributed by atoms with E-state index in [0.717, 1.165) is 19.4 Å². The Morgan fingerprint density at radius 2 is 2.24 bits per heavy atom. The summed E-state index contributed by atoms with van der Waals surface area (Å²) in [7, 11) is 0. The van der Waals surface area contributed by atoms with Crippen LogP contribution in [0.5, 0.6) is 0 Å². The average molecular weight is 239 g/mol. The molecule has 1 heterocycles. The Morgan fingerprint density at radius 3 is 2.88 bits per heavy atom. The molecular formula is C12H14FNO3. The minimum absolute atomic E-state index is 0.00830. The highest BCUT2D eigenvalue weighted by molar-refractivity contribution is 5.84. The fraction of sp³-hybridized carbons (Fsp3) is 0.417. The fourth-order valence-corrected chi connectivity index (χ4v) is 1.63. The number of hydrogen-bond donors (Lipinski definition) is 1. The number of anilines is 1. The van der Waals surface area contributed by atoms with E-state index in [1.54, 1.807) is 0 Å². The SMILES string of the molecule is O=C(Nc1ccc(F)cc1)OC[C@H]1CCCO1. The number of carbonyl (C=O) groups is 1. The third kappa shape index (κ3) is 3.71. The summed E-state index contributed by atoms with van der Waals surface area (Å²) in [5.41, 5.74) is 0.503. The summed E-state index contributed by atoms with van der Waals surface area (Å²) in [6.45, 7) is 0.987. The zero-order valence-electron chi connectivity index (χ0n) is 9.32. The standard InChI is InChI=1S/C12H14FNO3/c13-9-3-5-10(6-4-9)14-12(15)17-8-11-2-1-7-16-11/h3-6,11H,1-2,7-8H2,(H,14,15)/t11-/m1/s1. The van der Waals surface area contributed by atoms with Gasteiger partial charge in [-0.1, -0.05) is 0 Å². The molecule has 5 heteroatoms. The molecule has 0 spiro atoms. The molecule has 1 aliphatic heterocycles. The molecule has 1 aromatic carbocycles. The van der Waals surface area contributed by atoms with E-state index in [-0.39, 0.29) is 18.5 Å². The number of carbonyl (C=O) groups excluding carboxylic acids is 1. The Balaban J connectivity index is 1.74. The van der Waals surface area contributed by atoms with Gasteiger partial charge in [0.15, 0.2) is 0 Å². The maximum atomic E-state index is 12.6. The predicted molar refractivity (Wildman–Crippen MR) is 60.3 cm³/mol. The van der Waals surface area contributed by atoms with Gasteiger partial charge in [0.05, 0.1) is 6.10 Å². The molecule has 1 N–H and O–H groups in total. The molecular weight excluding hydrogens is 225 g/mol. The summed E-state index contributed by atoms with van der Waals surface area (Å²) in [5, 5.41) is 2.51. The van der Waals surface area contributed by atoms with Gasteiger partial charge >= 0.3 is 6.09 Å². The molecule has 0 aliphatic carbocycles. The Kier molecular flexibility index (Phi) is 3.93. The average Bonchev–Trinajstić information content (AvgIpc) is 2.83. The van der Waals surface area contributed by atoms with Crippen LogP contribution in [0.3, 0.4) is 0 Å². The second-order valence-electron chi connectivity index (χ2n) is 3.87. The molecule has 0 bridgehead atoms. The smallest absolute Gasteiger partial charge is 0.411 e. The molecule has 0 saturated carbocycles. The van der Waals surface area contributed by atoms with Crippen molar-refractivity contribution in [1.82, 2.24) is 0 Å². The van der Waals surface area contributed by atoms with Gasteiger partial charge in [0.2, 0.25) is 0 Å². The highest BCUT2D eigenvalue weighted by atomic mass is 19.1. The molecule has 92 valence electrons. The van der Waals surface area contributed by atoms with Crippen molar-refractivity contribution >= 4 is 11.8 Å². The van der Waals surface area contributed by atoms with Crippen molar-refractivity contribution in [2.75, 3.05) is 18.5 Å². The second kappa shape index (κ2) is 5.63. The highest BCUT2D eigenvalue weighted by Crippen LogP contribution is 2.13. The van der Waals surface area contributed by atoms with Crippen LogP contribution in [0.1, 0.15) is 12.8 Å². The minimum Gasteiger partial charge on any atom is -0.447 e. The van der Waals surface area contributed by atoms with Gasteiger partial charge in [0, 0.05) is 12.3 Å². The number of rotatable bonds is 3. The molecule has 1 amide bonds. The third-order valence-corrected chi connectivity index (χ3v) is 2.51. The van der Waals surface area contributed by atoms with Crippen molar-refractivity contribution < 1.29 is 18.7 Å². The molecule has 0 unspecified atom stereocenters. The largest absolute Gasteiger partial charge is 0.447 e. The van der Waals surface area contributed by atoms with E-state index in [1.807, 2.05) is 0 Å². The van der Waals surface area contributed by atoms with Crippen LogP contribution < -0.4 is 5.32 Å². The first-order valence-electron chi connectivity index (χ1n) is 5.55. The Labute approximate surface area is 98.7 Å². The quantitative estimate of drug-likeness (QED) is 0.881. The lowest BCUT2D eigenvalue weighted by Gasteiger charge is -2.10. The lowest BCUT2D eigenvalue weighted by molar-refractivity contribution is 0.0484. The Morgan fingerprint density at radius 1 is 1.47 bits per heavy atom. The molecule has 4 nitrogen and oxygen atoms in total. The molecule has 1 aliphatic rings. The van der Waals surface area contributed by atoms with Gasteiger partial charge in [-0.25, -0.2) is 9.18 Å². The monoisotopic (exact) mass is 239 g/mol. The van der Waals surface area contributed by atoms with Crippen LogP contribution in [-0.4, -0.2) is 25.4 Å². The molecule has 0 radical (unpaired) electrons. The zero-order valence-corrected chi connectivity index (χ0v) is 9.32. The van der Waals surface area contributed by atoms with E-state index in [0.29, 0.717) is 5.69 Å². The summed E-state index contributed by atoms with van der Waals surface area (Å²) in [5.74, 6) is -0.344. The van der Waals surface area contributed by atoms with Crippen LogP contribution in [0.4, 0.5) is 14.9 Å². The normalized spacial score (nSPS) is 19.0. The van der Waals surface area contributed by atoms with Gasteiger partial charge in [0.1, 0.15) is 12.4 Å². The number of benzene rings is 1. The fourth-order valence-electron chi connectivity index (χ4n) is 1.63. The third-order valence-electron chi connectivity index (χ3n) is 2.51. The number of ether oxygens (including phenoxy) is 2. The number of halogens is 1. The van der Waals surface area contributed by atoms with Gasteiger partial charge in [-0.15, -0.1) is 0 Å². The molecule has 2 rings (SSSR count). The predicted octanol–water partition coefficient (Wildman–Crippen LogP) is 2.55. The first-order valence-corrected chi connectivity index (χ1v) is 5.55. The van der Waals surface area contributed by atoms with Crippen LogP contribution in [0.25, 0.3) is 0 Å². The van der Waals surface area contributed by atoms with Crippen LogP contribution >= 0.6 is 0 Å². The summed E-state index contributed by atoms with van der Waals surface area (Å²) in [4.78, 5) is 11.4. The van der Waals surface area contributed by atoms with E-state index in [2.05, 4.69) is 5.32 Å². The van der Waals surface area contributed by atoms with Gasteiger partial charge in [-0.05, 0) is 37.1 Å². The van der Waals surface area contributed by atoms with Gasteiger partial charge in [-0.3, -0.25) is 5.32 Å².